The zero-order valence-corrected chi connectivity index (χ0v) is 14.6. The molecule has 0 aromatic heterocycles. The lowest BCUT2D eigenvalue weighted by Gasteiger charge is -2.11. The van der Waals surface area contributed by atoms with Gasteiger partial charge in [0.25, 0.3) is 0 Å². The highest BCUT2D eigenvalue weighted by Gasteiger charge is 2.14. The number of thioether (sulfide) groups is 1. The number of amides is 1. The summed E-state index contributed by atoms with van der Waals surface area (Å²) in [7, 11) is 0. The van der Waals surface area contributed by atoms with Crippen LogP contribution in [-0.2, 0) is 9.59 Å². The zero-order chi connectivity index (χ0) is 15.3. The van der Waals surface area contributed by atoms with E-state index < -0.39 is 12.0 Å². The number of hydrogen-bond donors (Lipinski definition) is 3. The van der Waals surface area contributed by atoms with E-state index in [0.29, 0.717) is 5.69 Å². The molecule has 1 unspecified atom stereocenters. The maximum Gasteiger partial charge on any atom is 0.321 e. The summed E-state index contributed by atoms with van der Waals surface area (Å²) in [5, 5.41) is 11.4. The fourth-order valence-corrected chi connectivity index (χ4v) is 3.73. The summed E-state index contributed by atoms with van der Waals surface area (Å²) in [5.41, 5.74) is 7.07. The third-order valence-corrected chi connectivity index (χ3v) is 4.61. The molecule has 0 heterocycles. The highest BCUT2D eigenvalue weighted by atomic mass is 79.9. The molecule has 1 rings (SSSR count). The number of carbonyl (C=O) groups excluding carboxylic acids is 1. The molecule has 4 N–H and O–H groups in total. The number of halogens is 2. The van der Waals surface area contributed by atoms with Gasteiger partial charge in [0.2, 0.25) is 5.91 Å². The van der Waals surface area contributed by atoms with Crippen LogP contribution in [0.15, 0.2) is 21.1 Å². The molecule has 1 amide bonds. The molecule has 110 valence electrons. The Bertz CT molecular complexity index is 502. The van der Waals surface area contributed by atoms with E-state index in [2.05, 4.69) is 37.2 Å². The molecule has 0 aliphatic carbocycles. The minimum Gasteiger partial charge on any atom is -0.480 e. The van der Waals surface area contributed by atoms with Crippen LogP contribution < -0.4 is 11.1 Å². The third-order valence-electron chi connectivity index (χ3n) is 2.30. The Labute approximate surface area is 137 Å². The second-order valence-electron chi connectivity index (χ2n) is 4.11. The fraction of sp³-hybridized carbons (Fsp3) is 0.333. The molecule has 5 nitrogen and oxygen atoms in total. The van der Waals surface area contributed by atoms with E-state index in [9.17, 15) is 9.59 Å². The Balaban J connectivity index is 2.53. The number of carboxylic acid groups (broad SMARTS) is 1. The normalized spacial score (nSPS) is 12.0. The van der Waals surface area contributed by atoms with Gasteiger partial charge < -0.3 is 16.2 Å². The molecule has 1 aromatic carbocycles. The Morgan fingerprint density at radius 1 is 1.40 bits per heavy atom. The molecule has 0 spiro atoms. The number of aliphatic carboxylic acids is 1. The number of carboxylic acids is 1. The largest absolute Gasteiger partial charge is 0.480 e. The number of rotatable bonds is 6. The molecule has 0 aliphatic heterocycles. The highest BCUT2D eigenvalue weighted by Crippen LogP contribution is 2.32. The lowest BCUT2D eigenvalue weighted by Crippen LogP contribution is -2.33. The molecule has 1 atom stereocenters. The first-order valence-electron chi connectivity index (χ1n) is 5.63. The van der Waals surface area contributed by atoms with Gasteiger partial charge in [-0.25, -0.2) is 0 Å². The average molecular weight is 426 g/mol. The molecule has 0 bridgehead atoms. The van der Waals surface area contributed by atoms with Gasteiger partial charge in [-0.05, 0) is 56.5 Å². The molecule has 8 heteroatoms. The van der Waals surface area contributed by atoms with Gasteiger partial charge in [-0.15, -0.1) is 11.8 Å². The van der Waals surface area contributed by atoms with E-state index in [1.807, 2.05) is 19.1 Å². The van der Waals surface area contributed by atoms with Crippen LogP contribution in [-0.4, -0.2) is 34.5 Å². The van der Waals surface area contributed by atoms with Crippen molar-refractivity contribution in [3.05, 3.63) is 26.6 Å². The van der Waals surface area contributed by atoms with Gasteiger partial charge in [-0.1, -0.05) is 0 Å². The third kappa shape index (κ3) is 5.43. The SMILES string of the molecule is Cc1cc(Br)c(NC(=O)CSCC(N)C(=O)O)c(Br)c1. The highest BCUT2D eigenvalue weighted by molar-refractivity contribution is 9.11. The second kappa shape index (κ2) is 8.02. The average Bonchev–Trinajstić information content (AvgIpc) is 2.33. The topological polar surface area (TPSA) is 92.4 Å². The summed E-state index contributed by atoms with van der Waals surface area (Å²) in [4.78, 5) is 22.3. The maximum absolute atomic E-state index is 11.8. The minimum atomic E-state index is -1.07. The van der Waals surface area contributed by atoms with Gasteiger partial charge in [0.15, 0.2) is 0 Å². The van der Waals surface area contributed by atoms with E-state index in [1.54, 1.807) is 0 Å². The lowest BCUT2D eigenvalue weighted by atomic mass is 10.2. The fourth-order valence-electron chi connectivity index (χ4n) is 1.34. The number of nitrogens with two attached hydrogens (primary N) is 1. The summed E-state index contributed by atoms with van der Waals surface area (Å²) in [5.74, 6) is -0.938. The van der Waals surface area contributed by atoms with Crippen molar-refractivity contribution in [2.75, 3.05) is 16.8 Å². The van der Waals surface area contributed by atoms with Gasteiger partial charge in [0.1, 0.15) is 6.04 Å². The van der Waals surface area contributed by atoms with Crippen molar-refractivity contribution < 1.29 is 14.7 Å². The molecule has 0 saturated heterocycles. The summed E-state index contributed by atoms with van der Waals surface area (Å²) in [6.45, 7) is 1.95. The van der Waals surface area contributed by atoms with E-state index in [-0.39, 0.29) is 17.4 Å². The van der Waals surface area contributed by atoms with Crippen LogP contribution in [0, 0.1) is 6.92 Å². The van der Waals surface area contributed by atoms with Crippen LogP contribution >= 0.6 is 43.6 Å². The van der Waals surface area contributed by atoms with Crippen LogP contribution in [0.3, 0.4) is 0 Å². The summed E-state index contributed by atoms with van der Waals surface area (Å²) in [6.07, 6.45) is 0. The zero-order valence-electron chi connectivity index (χ0n) is 10.7. The van der Waals surface area contributed by atoms with Gasteiger partial charge in [-0.2, -0.15) is 0 Å². The molecule has 0 saturated carbocycles. The van der Waals surface area contributed by atoms with E-state index in [0.717, 1.165) is 14.5 Å². The van der Waals surface area contributed by atoms with Crippen LogP contribution in [0.2, 0.25) is 0 Å². The molecule has 1 aromatic rings. The van der Waals surface area contributed by atoms with Crippen molar-refractivity contribution in [1.82, 2.24) is 0 Å². The quantitative estimate of drug-likeness (QED) is 0.651. The van der Waals surface area contributed by atoms with Crippen molar-refractivity contribution in [1.29, 1.82) is 0 Å². The standard InChI is InChI=1S/C12H14Br2N2O3S/c1-6-2-7(13)11(8(14)3-6)16-10(17)5-20-4-9(15)12(18)19/h2-3,9H,4-5,15H2,1H3,(H,16,17)(H,18,19). The number of nitrogens with one attached hydrogen (secondary N) is 1. The van der Waals surface area contributed by atoms with E-state index in [1.165, 1.54) is 11.8 Å². The molecule has 0 aliphatic rings. The molecule has 20 heavy (non-hydrogen) atoms. The monoisotopic (exact) mass is 424 g/mol. The predicted octanol–water partition coefficient (Wildman–Crippen LogP) is 2.60. The first-order chi connectivity index (χ1) is 9.31. The smallest absolute Gasteiger partial charge is 0.321 e. The van der Waals surface area contributed by atoms with Gasteiger partial charge in [-0.3, -0.25) is 9.59 Å². The number of benzene rings is 1. The summed E-state index contributed by atoms with van der Waals surface area (Å²) >= 11 is 7.96. The van der Waals surface area contributed by atoms with Crippen molar-refractivity contribution in [3.63, 3.8) is 0 Å². The first-order valence-corrected chi connectivity index (χ1v) is 8.37. The lowest BCUT2D eigenvalue weighted by molar-refractivity contribution is -0.137. The van der Waals surface area contributed by atoms with Gasteiger partial charge >= 0.3 is 5.97 Å². The Morgan fingerprint density at radius 2 is 1.95 bits per heavy atom. The Kier molecular flexibility index (Phi) is 7.01. The number of aryl methyl sites for hydroxylation is 1. The van der Waals surface area contributed by atoms with Gasteiger partial charge in [0.05, 0.1) is 11.4 Å². The van der Waals surface area contributed by atoms with Crippen molar-refractivity contribution in [2.24, 2.45) is 5.73 Å². The Morgan fingerprint density at radius 3 is 2.45 bits per heavy atom. The van der Waals surface area contributed by atoms with E-state index in [4.69, 9.17) is 10.8 Å². The Hall–Kier alpha value is -0.570. The van der Waals surface area contributed by atoms with Crippen molar-refractivity contribution in [3.8, 4) is 0 Å². The number of carbonyl (C=O) groups is 2. The van der Waals surface area contributed by atoms with Crippen molar-refractivity contribution >= 4 is 61.2 Å². The predicted molar refractivity (Wildman–Crippen MR) is 88.1 cm³/mol. The summed E-state index contributed by atoms with van der Waals surface area (Å²) < 4.78 is 1.56. The summed E-state index contributed by atoms with van der Waals surface area (Å²) in [6, 6.07) is 2.84. The van der Waals surface area contributed by atoms with Crippen LogP contribution in [0.5, 0.6) is 0 Å². The maximum atomic E-state index is 11.8. The second-order valence-corrected chi connectivity index (χ2v) is 6.85. The molecular formula is C12H14Br2N2O3S. The first kappa shape index (κ1) is 17.5. The molecular weight excluding hydrogens is 412 g/mol. The van der Waals surface area contributed by atoms with Crippen LogP contribution in [0.1, 0.15) is 5.56 Å². The van der Waals surface area contributed by atoms with Crippen LogP contribution in [0.4, 0.5) is 5.69 Å². The van der Waals surface area contributed by atoms with Crippen molar-refractivity contribution in [2.45, 2.75) is 13.0 Å². The van der Waals surface area contributed by atoms with E-state index >= 15 is 0 Å². The number of hydrogen-bond acceptors (Lipinski definition) is 4. The van der Waals surface area contributed by atoms with Gasteiger partial charge in [0, 0.05) is 14.7 Å². The van der Waals surface area contributed by atoms with Crippen LogP contribution in [0.25, 0.3) is 0 Å². The number of anilines is 1. The molecule has 0 fully saturated rings. The molecule has 0 radical (unpaired) electrons. The minimum absolute atomic E-state index is 0.147.